The minimum Gasteiger partial charge on any atom is -0.463 e. The van der Waals surface area contributed by atoms with Crippen molar-refractivity contribution in [2.24, 2.45) is 52.3 Å². The molecule has 0 saturated heterocycles. The smallest absolute Gasteiger partial charge is 0.305 e. The van der Waals surface area contributed by atoms with Crippen molar-refractivity contribution >= 4 is 5.97 Å². The number of carbonyl (C=O) groups excluding carboxylic acids is 1. The maximum absolute atomic E-state index is 12.0. The first-order chi connectivity index (χ1) is 15.7. The SMILES string of the molecule is CC[C@H]1C(O)C2C3CCC([C@H](C)CCC(=O)OCCO)[C@@]3(C)CCC2[C@@]2(C)CC[C@@H](O)CC12. The maximum atomic E-state index is 12.0. The van der Waals surface area contributed by atoms with Crippen molar-refractivity contribution < 1.29 is 24.9 Å². The number of esters is 1. The van der Waals surface area contributed by atoms with E-state index in [-0.39, 0.29) is 42.2 Å². The summed E-state index contributed by atoms with van der Waals surface area (Å²) in [6.07, 6.45) is 9.48. The molecule has 0 spiro atoms. The molecule has 4 rings (SSSR count). The molecule has 5 nitrogen and oxygen atoms in total. The van der Waals surface area contributed by atoms with Crippen LogP contribution in [0, 0.1) is 52.3 Å². The van der Waals surface area contributed by atoms with Gasteiger partial charge in [0.05, 0.1) is 18.8 Å². The molecule has 0 aromatic carbocycles. The third kappa shape index (κ3) is 4.29. The van der Waals surface area contributed by atoms with Crippen LogP contribution in [0.5, 0.6) is 0 Å². The van der Waals surface area contributed by atoms with Gasteiger partial charge in [0.2, 0.25) is 0 Å². The average molecular weight is 465 g/mol. The predicted molar refractivity (Wildman–Crippen MR) is 128 cm³/mol. The number of rotatable bonds is 7. The van der Waals surface area contributed by atoms with Crippen LogP contribution >= 0.6 is 0 Å². The summed E-state index contributed by atoms with van der Waals surface area (Å²) >= 11 is 0. The van der Waals surface area contributed by atoms with E-state index in [9.17, 15) is 15.0 Å². The minimum absolute atomic E-state index is 0.0901. The molecule has 190 valence electrons. The van der Waals surface area contributed by atoms with E-state index in [2.05, 4.69) is 27.7 Å². The molecule has 3 N–H and O–H groups in total. The zero-order valence-corrected chi connectivity index (χ0v) is 21.3. The van der Waals surface area contributed by atoms with Gasteiger partial charge >= 0.3 is 5.97 Å². The Hall–Kier alpha value is -0.650. The van der Waals surface area contributed by atoms with E-state index in [1.165, 1.54) is 25.7 Å². The van der Waals surface area contributed by atoms with E-state index in [4.69, 9.17) is 9.84 Å². The van der Waals surface area contributed by atoms with E-state index >= 15 is 0 Å². The number of hydrogen-bond donors (Lipinski definition) is 3. The molecule has 0 aliphatic heterocycles. The van der Waals surface area contributed by atoms with E-state index in [0.29, 0.717) is 47.8 Å². The molecule has 0 heterocycles. The largest absolute Gasteiger partial charge is 0.463 e. The molecule has 4 aliphatic rings. The van der Waals surface area contributed by atoms with Crippen molar-refractivity contribution in [1.82, 2.24) is 0 Å². The lowest BCUT2D eigenvalue weighted by Crippen LogP contribution is -2.62. The van der Waals surface area contributed by atoms with Crippen molar-refractivity contribution in [2.45, 2.75) is 104 Å². The highest BCUT2D eigenvalue weighted by Crippen LogP contribution is 2.69. The standard InChI is InChI=1S/C28H48O5/c1-5-19-23-16-18(30)10-12-28(23,4)22-11-13-27(3)20(7-8-21(27)25(22)26(19)32)17(2)6-9-24(31)33-15-14-29/h17-23,25-26,29-30,32H,5-16H2,1-4H3/t17-,18-,19-,20?,21?,22?,23?,25?,26?,27-,28-/m1/s1. The highest BCUT2D eigenvalue weighted by Gasteiger charge is 2.64. The van der Waals surface area contributed by atoms with Crippen LogP contribution in [0.4, 0.5) is 0 Å². The van der Waals surface area contributed by atoms with Gasteiger partial charge in [-0.2, -0.15) is 0 Å². The van der Waals surface area contributed by atoms with Crippen LogP contribution in [0.15, 0.2) is 0 Å². The second kappa shape index (κ2) is 9.78. The van der Waals surface area contributed by atoms with Gasteiger partial charge in [0.25, 0.3) is 0 Å². The minimum atomic E-state index is -0.254. The predicted octanol–water partition coefficient (Wildman–Crippen LogP) is 4.56. The highest BCUT2D eigenvalue weighted by molar-refractivity contribution is 5.69. The molecular formula is C28H48O5. The number of carbonyl (C=O) groups is 1. The van der Waals surface area contributed by atoms with Crippen molar-refractivity contribution in [1.29, 1.82) is 0 Å². The summed E-state index contributed by atoms with van der Waals surface area (Å²) in [5.41, 5.74) is 0.470. The molecule has 4 saturated carbocycles. The second-order valence-electron chi connectivity index (χ2n) is 12.6. The van der Waals surface area contributed by atoms with Gasteiger partial charge in [-0.25, -0.2) is 0 Å². The first kappa shape index (κ1) is 25.4. The van der Waals surface area contributed by atoms with Gasteiger partial charge in [0.1, 0.15) is 6.61 Å². The Balaban J connectivity index is 1.52. The van der Waals surface area contributed by atoms with Crippen molar-refractivity contribution in [3.63, 3.8) is 0 Å². The van der Waals surface area contributed by atoms with Gasteiger partial charge in [0, 0.05) is 6.42 Å². The van der Waals surface area contributed by atoms with Crippen molar-refractivity contribution in [2.75, 3.05) is 13.2 Å². The Morgan fingerprint density at radius 3 is 2.42 bits per heavy atom. The number of hydrogen-bond acceptors (Lipinski definition) is 5. The molecule has 11 atom stereocenters. The normalized spacial score (nSPS) is 47.8. The van der Waals surface area contributed by atoms with E-state index < -0.39 is 0 Å². The zero-order valence-electron chi connectivity index (χ0n) is 21.3. The Morgan fingerprint density at radius 1 is 1.03 bits per heavy atom. The molecule has 0 amide bonds. The summed E-state index contributed by atoms with van der Waals surface area (Å²) in [5.74, 6) is 3.06. The molecule has 6 unspecified atom stereocenters. The fourth-order valence-corrected chi connectivity index (χ4v) is 9.71. The Morgan fingerprint density at radius 2 is 1.73 bits per heavy atom. The van der Waals surface area contributed by atoms with Crippen LogP contribution in [0.1, 0.15) is 91.9 Å². The fourth-order valence-electron chi connectivity index (χ4n) is 9.71. The molecule has 5 heteroatoms. The number of ether oxygens (including phenoxy) is 1. The summed E-state index contributed by atoms with van der Waals surface area (Å²) in [4.78, 5) is 12.0. The Labute approximate surface area is 200 Å². The second-order valence-corrected chi connectivity index (χ2v) is 12.6. The molecular weight excluding hydrogens is 416 g/mol. The maximum Gasteiger partial charge on any atom is 0.305 e. The van der Waals surface area contributed by atoms with Gasteiger partial charge in [-0.1, -0.05) is 34.1 Å². The van der Waals surface area contributed by atoms with Gasteiger partial charge in [-0.3, -0.25) is 4.79 Å². The molecule has 0 aromatic rings. The van der Waals surface area contributed by atoms with E-state index in [0.717, 1.165) is 32.1 Å². The van der Waals surface area contributed by atoms with Crippen LogP contribution < -0.4 is 0 Å². The molecule has 4 fully saturated rings. The summed E-state index contributed by atoms with van der Waals surface area (Å²) in [6, 6.07) is 0. The Kier molecular flexibility index (Phi) is 7.54. The average Bonchev–Trinajstić information content (AvgIpc) is 3.14. The summed E-state index contributed by atoms with van der Waals surface area (Å²) in [6.45, 7) is 9.48. The summed E-state index contributed by atoms with van der Waals surface area (Å²) < 4.78 is 5.07. The number of aliphatic hydroxyl groups is 3. The lowest BCUT2D eigenvalue weighted by atomic mass is 9.41. The first-order valence-electron chi connectivity index (χ1n) is 13.8. The van der Waals surface area contributed by atoms with Gasteiger partial charge in [0.15, 0.2) is 0 Å². The monoisotopic (exact) mass is 464 g/mol. The molecule has 0 bridgehead atoms. The van der Waals surface area contributed by atoms with Gasteiger partial charge < -0.3 is 20.1 Å². The topological polar surface area (TPSA) is 87.0 Å². The van der Waals surface area contributed by atoms with Crippen LogP contribution in [0.2, 0.25) is 0 Å². The zero-order chi connectivity index (χ0) is 24.0. The third-order valence-electron chi connectivity index (χ3n) is 11.3. The van der Waals surface area contributed by atoms with Crippen molar-refractivity contribution in [3.8, 4) is 0 Å². The van der Waals surface area contributed by atoms with Crippen LogP contribution in [-0.2, 0) is 9.53 Å². The van der Waals surface area contributed by atoms with Crippen LogP contribution in [-0.4, -0.2) is 46.7 Å². The van der Waals surface area contributed by atoms with Gasteiger partial charge in [-0.15, -0.1) is 0 Å². The third-order valence-corrected chi connectivity index (χ3v) is 11.3. The van der Waals surface area contributed by atoms with Gasteiger partial charge in [-0.05, 0) is 104 Å². The van der Waals surface area contributed by atoms with Crippen LogP contribution in [0.3, 0.4) is 0 Å². The molecule has 0 radical (unpaired) electrons. The lowest BCUT2D eigenvalue weighted by Gasteiger charge is -2.64. The summed E-state index contributed by atoms with van der Waals surface area (Å²) in [7, 11) is 0. The molecule has 4 aliphatic carbocycles. The fraction of sp³-hybridized carbons (Fsp3) is 0.964. The first-order valence-corrected chi connectivity index (χ1v) is 13.8. The molecule has 33 heavy (non-hydrogen) atoms. The van der Waals surface area contributed by atoms with E-state index in [1.807, 2.05) is 0 Å². The van der Waals surface area contributed by atoms with E-state index in [1.54, 1.807) is 0 Å². The number of aliphatic hydroxyl groups excluding tert-OH is 3. The number of fused-ring (bicyclic) bond motifs is 5. The Bertz CT molecular complexity index is 696. The summed E-state index contributed by atoms with van der Waals surface area (Å²) in [5, 5.41) is 31.1. The highest BCUT2D eigenvalue weighted by atomic mass is 16.5. The lowest BCUT2D eigenvalue weighted by molar-refractivity contribution is -0.203. The quantitative estimate of drug-likeness (QED) is 0.481. The van der Waals surface area contributed by atoms with Crippen molar-refractivity contribution in [3.05, 3.63) is 0 Å². The van der Waals surface area contributed by atoms with Crippen LogP contribution in [0.25, 0.3) is 0 Å². The molecule has 0 aromatic heterocycles.